The number of rotatable bonds is 1. The Bertz CT molecular complexity index is 57.8. The Labute approximate surface area is 81.4 Å². The molecule has 0 heterocycles. The van der Waals surface area contributed by atoms with Crippen molar-refractivity contribution < 1.29 is 41.9 Å². The molecule has 0 saturated heterocycles. The van der Waals surface area contributed by atoms with Crippen LogP contribution >= 0.6 is 22.6 Å². The molecule has 0 aromatic rings. The second-order valence-corrected chi connectivity index (χ2v) is 1.47. The number of alkyl halides is 1. The fraction of sp³-hybridized carbons (Fsp3) is 0.667. The van der Waals surface area contributed by atoms with Gasteiger partial charge >= 0.3 is 37.0 Å². The molecule has 7 heavy (non-hydrogen) atoms. The van der Waals surface area contributed by atoms with Crippen LogP contribution in [0.1, 0.15) is 2.85 Å². The quantitative estimate of drug-likeness (QED) is 0.219. The van der Waals surface area contributed by atoms with Crippen molar-refractivity contribution in [3.05, 3.63) is 0 Å². The zero-order valence-corrected chi connectivity index (χ0v) is 8.56. The van der Waals surface area contributed by atoms with Crippen LogP contribution in [0.4, 0.5) is 0 Å². The summed E-state index contributed by atoms with van der Waals surface area (Å²) in [5, 5.41) is 0. The molecule has 0 N–H and O–H groups in total. The van der Waals surface area contributed by atoms with Crippen LogP contribution in [0.25, 0.3) is 0 Å². The van der Waals surface area contributed by atoms with Crippen LogP contribution in [0.3, 0.4) is 0 Å². The van der Waals surface area contributed by atoms with E-state index in [1.54, 1.807) is 0 Å². The van der Waals surface area contributed by atoms with Crippen molar-refractivity contribution in [2.24, 2.45) is 0 Å². The molecular formula is C3H7INaO2+. The standard InChI is InChI=1S/C3H5IO2.Na.H/c1-6-3(5)2-4;;/h2H2,1H3;;/q;+1;-1/p+1. The summed E-state index contributed by atoms with van der Waals surface area (Å²) in [5.41, 5.74) is 0. The minimum absolute atomic E-state index is 0. The zero-order valence-electron chi connectivity index (χ0n) is 6.40. The third-order valence-electron chi connectivity index (χ3n) is 0.337. The van der Waals surface area contributed by atoms with E-state index in [-0.39, 0.29) is 38.4 Å². The van der Waals surface area contributed by atoms with Crippen LogP contribution in [0.5, 0.6) is 0 Å². The first-order valence-electron chi connectivity index (χ1n) is 1.44. The number of carbonyl (C=O) groups is 1. The van der Waals surface area contributed by atoms with Crippen molar-refractivity contribution in [1.29, 1.82) is 0 Å². The largest absolute Gasteiger partial charge is 1.00 e. The maximum Gasteiger partial charge on any atom is 1.00 e. The summed E-state index contributed by atoms with van der Waals surface area (Å²) in [6.07, 6.45) is 0. The summed E-state index contributed by atoms with van der Waals surface area (Å²) in [6.45, 7) is 0. The van der Waals surface area contributed by atoms with Crippen molar-refractivity contribution in [1.82, 2.24) is 0 Å². The number of halogens is 1. The van der Waals surface area contributed by atoms with Gasteiger partial charge in [0.1, 0.15) is 0 Å². The van der Waals surface area contributed by atoms with Crippen molar-refractivity contribution >= 4 is 28.6 Å². The van der Waals surface area contributed by atoms with Gasteiger partial charge in [-0.2, -0.15) is 0 Å². The third kappa shape index (κ3) is 7.20. The van der Waals surface area contributed by atoms with E-state index in [1.165, 1.54) is 7.11 Å². The minimum atomic E-state index is -0.171. The second kappa shape index (κ2) is 7.20. The Morgan fingerprint density at radius 1 is 2.14 bits per heavy atom. The van der Waals surface area contributed by atoms with Crippen molar-refractivity contribution in [2.75, 3.05) is 11.5 Å². The summed E-state index contributed by atoms with van der Waals surface area (Å²) in [4.78, 5) is 9.95. The van der Waals surface area contributed by atoms with Gasteiger partial charge in [-0.05, 0) is 0 Å². The smallest absolute Gasteiger partial charge is 1.00 e. The Balaban J connectivity index is -0.0000000417. The maximum atomic E-state index is 9.95. The van der Waals surface area contributed by atoms with Gasteiger partial charge in [-0.1, -0.05) is 22.6 Å². The number of carbonyl (C=O) groups excluding carboxylic acids is 1. The Kier molecular flexibility index (Phi) is 11.4. The molecule has 0 atom stereocenters. The van der Waals surface area contributed by atoms with Crippen LogP contribution < -0.4 is 29.6 Å². The van der Waals surface area contributed by atoms with E-state index in [1.807, 2.05) is 22.6 Å². The molecule has 0 bridgehead atoms. The molecule has 0 rings (SSSR count). The fourth-order valence-corrected chi connectivity index (χ4v) is 0.366. The molecule has 0 aromatic heterocycles. The molecule has 0 spiro atoms. The SMILES string of the molecule is COC(=O)CI.[H+].[H-].[Na+]. The third-order valence-corrected chi connectivity index (χ3v) is 0.960. The van der Waals surface area contributed by atoms with Crippen molar-refractivity contribution in [3.63, 3.8) is 0 Å². The number of ether oxygens (including phenoxy) is 1. The second-order valence-electron chi connectivity index (χ2n) is 0.710. The summed E-state index contributed by atoms with van der Waals surface area (Å²) < 4.78 is 4.69. The van der Waals surface area contributed by atoms with Gasteiger partial charge in [-0.15, -0.1) is 0 Å². The zero-order chi connectivity index (χ0) is 4.99. The summed E-state index contributed by atoms with van der Waals surface area (Å²) in [6, 6.07) is 0. The molecule has 0 aliphatic heterocycles. The summed E-state index contributed by atoms with van der Waals surface area (Å²) >= 11 is 1.94. The first-order chi connectivity index (χ1) is 2.81. The van der Waals surface area contributed by atoms with Gasteiger partial charge in [0.25, 0.3) is 0 Å². The number of esters is 1. The van der Waals surface area contributed by atoms with Crippen molar-refractivity contribution in [2.45, 2.75) is 0 Å². The average molecular weight is 225 g/mol. The molecule has 2 nitrogen and oxygen atoms in total. The van der Waals surface area contributed by atoms with E-state index < -0.39 is 0 Å². The maximum absolute atomic E-state index is 9.95. The van der Waals surface area contributed by atoms with E-state index >= 15 is 0 Å². The van der Waals surface area contributed by atoms with Crippen LogP contribution in [-0.2, 0) is 9.53 Å². The number of methoxy groups -OCH3 is 1. The predicted molar refractivity (Wildman–Crippen MR) is 33.1 cm³/mol. The molecule has 0 aliphatic rings. The molecule has 0 saturated carbocycles. The van der Waals surface area contributed by atoms with Crippen LogP contribution in [-0.4, -0.2) is 17.5 Å². The van der Waals surface area contributed by atoms with Crippen molar-refractivity contribution in [3.8, 4) is 0 Å². The molecule has 0 fully saturated rings. The average Bonchev–Trinajstić information content (AvgIpc) is 1.65. The summed E-state index contributed by atoms with van der Waals surface area (Å²) in [7, 11) is 1.38. The number of hydrogen-bond acceptors (Lipinski definition) is 2. The number of hydrogen-bond donors (Lipinski definition) is 0. The van der Waals surface area contributed by atoms with Gasteiger partial charge in [0.05, 0.1) is 11.5 Å². The van der Waals surface area contributed by atoms with Gasteiger partial charge in [-0.25, -0.2) is 0 Å². The Hall–Kier alpha value is 1.20. The first-order valence-corrected chi connectivity index (χ1v) is 2.96. The normalized spacial score (nSPS) is 6.57. The van der Waals surface area contributed by atoms with Crippen LogP contribution in [0, 0.1) is 0 Å². The van der Waals surface area contributed by atoms with E-state index in [4.69, 9.17) is 0 Å². The topological polar surface area (TPSA) is 26.3 Å². The molecule has 38 valence electrons. The van der Waals surface area contributed by atoms with Crippen LogP contribution in [0.2, 0.25) is 0 Å². The van der Waals surface area contributed by atoms with Gasteiger partial charge in [0.2, 0.25) is 0 Å². The first kappa shape index (κ1) is 11.1. The van der Waals surface area contributed by atoms with Gasteiger partial charge in [0.15, 0.2) is 0 Å². The van der Waals surface area contributed by atoms with E-state index in [0.717, 1.165) is 0 Å². The fourth-order valence-electron chi connectivity index (χ4n) is 0.0546. The molecule has 0 aliphatic carbocycles. The molecular weight excluding hydrogens is 218 g/mol. The molecule has 0 amide bonds. The Morgan fingerprint density at radius 3 is 2.57 bits per heavy atom. The van der Waals surface area contributed by atoms with E-state index in [2.05, 4.69) is 4.74 Å². The van der Waals surface area contributed by atoms with Crippen LogP contribution in [0.15, 0.2) is 0 Å². The Morgan fingerprint density at radius 2 is 2.57 bits per heavy atom. The van der Waals surface area contributed by atoms with E-state index in [9.17, 15) is 4.79 Å². The summed E-state index contributed by atoms with van der Waals surface area (Å²) in [5.74, 6) is -0.171. The minimum Gasteiger partial charge on any atom is -1.00 e. The van der Waals surface area contributed by atoms with Gasteiger partial charge in [0, 0.05) is 0 Å². The predicted octanol–water partition coefficient (Wildman–Crippen LogP) is -2.18. The van der Waals surface area contributed by atoms with E-state index in [0.29, 0.717) is 4.43 Å². The van der Waals surface area contributed by atoms with Gasteiger partial charge < -0.3 is 6.16 Å². The van der Waals surface area contributed by atoms with Gasteiger partial charge in [-0.3, -0.25) is 4.79 Å². The molecule has 0 radical (unpaired) electrons. The molecule has 0 unspecified atom stereocenters. The monoisotopic (exact) mass is 225 g/mol. The molecule has 4 heteroatoms. The molecule has 0 aromatic carbocycles.